The van der Waals surface area contributed by atoms with E-state index >= 15 is 0 Å². The number of anilines is 1. The minimum atomic E-state index is -0.00741. The molecule has 0 saturated carbocycles. The van der Waals surface area contributed by atoms with Crippen molar-refractivity contribution in [3.8, 4) is 0 Å². The van der Waals surface area contributed by atoms with Crippen LogP contribution in [0.2, 0.25) is 0 Å². The third-order valence-electron chi connectivity index (χ3n) is 3.73. The molecule has 1 heterocycles. The zero-order valence-electron chi connectivity index (χ0n) is 13.3. The van der Waals surface area contributed by atoms with Gasteiger partial charge in [-0.15, -0.1) is 0 Å². The van der Waals surface area contributed by atoms with Crippen LogP contribution in [0.1, 0.15) is 56.6 Å². The molecule has 112 valence electrons. The fourth-order valence-electron chi connectivity index (χ4n) is 1.88. The maximum absolute atomic E-state index is 12.6. The molecule has 1 amide bonds. The van der Waals surface area contributed by atoms with E-state index in [1.807, 2.05) is 27.0 Å². The van der Waals surface area contributed by atoms with Crippen LogP contribution in [0.15, 0.2) is 12.1 Å². The normalized spacial score (nSPS) is 12.7. The summed E-state index contributed by atoms with van der Waals surface area (Å²) in [7, 11) is 1.83. The molecule has 1 rings (SSSR count). The van der Waals surface area contributed by atoms with Gasteiger partial charge in [0.15, 0.2) is 0 Å². The highest BCUT2D eigenvalue weighted by atomic mass is 16.2. The third kappa shape index (κ3) is 3.70. The van der Waals surface area contributed by atoms with Gasteiger partial charge in [0, 0.05) is 24.3 Å². The van der Waals surface area contributed by atoms with Gasteiger partial charge in [-0.2, -0.15) is 0 Å². The fourth-order valence-corrected chi connectivity index (χ4v) is 1.88. The van der Waals surface area contributed by atoms with Gasteiger partial charge in [0.05, 0.1) is 0 Å². The number of pyridine rings is 1. The summed E-state index contributed by atoms with van der Waals surface area (Å²) in [6.45, 7) is 10.3. The first-order valence-corrected chi connectivity index (χ1v) is 7.03. The highest BCUT2D eigenvalue weighted by Crippen LogP contribution is 2.19. The van der Waals surface area contributed by atoms with Gasteiger partial charge < -0.3 is 10.3 Å². The lowest BCUT2D eigenvalue weighted by Gasteiger charge is -2.28. The lowest BCUT2D eigenvalue weighted by atomic mass is 10.0. The van der Waals surface area contributed by atoms with Crippen molar-refractivity contribution in [2.45, 2.75) is 46.6 Å². The number of carbonyl (C=O) groups excluding carboxylic acids is 1. The summed E-state index contributed by atoms with van der Waals surface area (Å²) in [6.07, 6.45) is 0. The van der Waals surface area contributed by atoms with Gasteiger partial charge in [-0.25, -0.2) is 10.8 Å². The molecule has 0 aliphatic rings. The lowest BCUT2D eigenvalue weighted by Crippen LogP contribution is -2.38. The predicted molar refractivity (Wildman–Crippen MR) is 82.5 cm³/mol. The van der Waals surface area contributed by atoms with Crippen LogP contribution < -0.4 is 11.3 Å². The van der Waals surface area contributed by atoms with E-state index in [2.05, 4.69) is 31.2 Å². The molecule has 0 aromatic carbocycles. The molecule has 0 saturated heterocycles. The molecule has 1 unspecified atom stereocenters. The Balaban J connectivity index is 3.12. The van der Waals surface area contributed by atoms with Crippen LogP contribution in [-0.2, 0) is 0 Å². The molecule has 1 atom stereocenters. The SMILES string of the molecule is CC(C)c1cc(C(=O)N(C)C(C)C(C)C)cc(NN)n1. The molecule has 1 aromatic heterocycles. The molecular formula is C15H26N4O. The molecule has 3 N–H and O–H groups in total. The predicted octanol–water partition coefficient (Wildman–Crippen LogP) is 2.61. The number of nitrogen functional groups attached to an aromatic ring is 1. The van der Waals surface area contributed by atoms with Gasteiger partial charge >= 0.3 is 0 Å². The summed E-state index contributed by atoms with van der Waals surface area (Å²) in [5.74, 6) is 6.59. The van der Waals surface area contributed by atoms with Crippen molar-refractivity contribution in [1.82, 2.24) is 9.88 Å². The van der Waals surface area contributed by atoms with Crippen LogP contribution in [-0.4, -0.2) is 28.9 Å². The Bertz CT molecular complexity index is 471. The zero-order valence-corrected chi connectivity index (χ0v) is 13.3. The Morgan fingerprint density at radius 1 is 1.25 bits per heavy atom. The maximum atomic E-state index is 12.6. The standard InChI is InChI=1S/C15H26N4O/c1-9(2)11(5)19(6)15(20)12-7-13(10(3)4)17-14(8-12)18-16/h7-11H,16H2,1-6H3,(H,17,18). The van der Waals surface area contributed by atoms with E-state index in [9.17, 15) is 4.79 Å². The van der Waals surface area contributed by atoms with Crippen LogP contribution in [0.3, 0.4) is 0 Å². The molecule has 20 heavy (non-hydrogen) atoms. The second kappa shape index (κ2) is 6.70. The smallest absolute Gasteiger partial charge is 0.254 e. The Hall–Kier alpha value is -1.62. The van der Waals surface area contributed by atoms with Crippen molar-refractivity contribution in [3.63, 3.8) is 0 Å². The summed E-state index contributed by atoms with van der Waals surface area (Å²) < 4.78 is 0. The molecule has 0 aliphatic heterocycles. The average Bonchev–Trinajstić information content (AvgIpc) is 2.43. The van der Waals surface area contributed by atoms with Crippen molar-refractivity contribution in [2.75, 3.05) is 12.5 Å². The topological polar surface area (TPSA) is 71.2 Å². The van der Waals surface area contributed by atoms with E-state index in [4.69, 9.17) is 5.84 Å². The first-order valence-electron chi connectivity index (χ1n) is 7.03. The van der Waals surface area contributed by atoms with E-state index in [0.29, 0.717) is 17.3 Å². The molecular weight excluding hydrogens is 252 g/mol. The average molecular weight is 278 g/mol. The quantitative estimate of drug-likeness (QED) is 0.641. The van der Waals surface area contributed by atoms with Crippen LogP contribution >= 0.6 is 0 Å². The highest BCUT2D eigenvalue weighted by molar-refractivity contribution is 5.95. The Morgan fingerprint density at radius 3 is 2.30 bits per heavy atom. The van der Waals surface area contributed by atoms with Gasteiger partial charge in [-0.3, -0.25) is 4.79 Å². The van der Waals surface area contributed by atoms with Crippen molar-refractivity contribution in [3.05, 3.63) is 23.4 Å². The number of hydrazine groups is 1. The van der Waals surface area contributed by atoms with E-state index in [0.717, 1.165) is 5.69 Å². The first-order chi connectivity index (χ1) is 9.27. The number of aromatic nitrogens is 1. The minimum Gasteiger partial charge on any atom is -0.339 e. The number of nitrogens with two attached hydrogens (primary N) is 1. The van der Waals surface area contributed by atoms with Gasteiger partial charge in [-0.05, 0) is 30.9 Å². The number of carbonyl (C=O) groups is 1. The molecule has 1 aromatic rings. The van der Waals surface area contributed by atoms with E-state index in [1.54, 1.807) is 11.0 Å². The van der Waals surface area contributed by atoms with E-state index < -0.39 is 0 Å². The molecule has 5 heteroatoms. The number of amides is 1. The van der Waals surface area contributed by atoms with E-state index in [-0.39, 0.29) is 17.9 Å². The third-order valence-corrected chi connectivity index (χ3v) is 3.73. The number of nitrogens with one attached hydrogen (secondary N) is 1. The van der Waals surface area contributed by atoms with E-state index in [1.165, 1.54) is 0 Å². The molecule has 0 spiro atoms. The Kier molecular flexibility index (Phi) is 5.51. The molecule has 0 radical (unpaired) electrons. The molecule has 5 nitrogen and oxygen atoms in total. The molecule has 0 aliphatic carbocycles. The number of nitrogens with zero attached hydrogens (tertiary/aromatic N) is 2. The molecule has 0 bridgehead atoms. The monoisotopic (exact) mass is 278 g/mol. The van der Waals surface area contributed by atoms with Gasteiger partial charge in [0.25, 0.3) is 5.91 Å². The lowest BCUT2D eigenvalue weighted by molar-refractivity contribution is 0.0707. The summed E-state index contributed by atoms with van der Waals surface area (Å²) in [4.78, 5) is 18.7. The van der Waals surface area contributed by atoms with Crippen LogP contribution in [0, 0.1) is 5.92 Å². The Labute approximate surface area is 121 Å². The van der Waals surface area contributed by atoms with Gasteiger partial charge in [0.1, 0.15) is 5.82 Å². The molecule has 0 fully saturated rings. The number of rotatable bonds is 5. The van der Waals surface area contributed by atoms with Crippen LogP contribution in [0.5, 0.6) is 0 Å². The maximum Gasteiger partial charge on any atom is 0.254 e. The summed E-state index contributed by atoms with van der Waals surface area (Å²) in [6, 6.07) is 3.71. The van der Waals surface area contributed by atoms with Gasteiger partial charge in [0.2, 0.25) is 0 Å². The van der Waals surface area contributed by atoms with Crippen molar-refractivity contribution in [2.24, 2.45) is 11.8 Å². The summed E-state index contributed by atoms with van der Waals surface area (Å²) >= 11 is 0. The zero-order chi connectivity index (χ0) is 15.4. The van der Waals surface area contributed by atoms with Crippen LogP contribution in [0.4, 0.5) is 5.82 Å². The number of hydrogen-bond donors (Lipinski definition) is 2. The van der Waals surface area contributed by atoms with Crippen LogP contribution in [0.25, 0.3) is 0 Å². The van der Waals surface area contributed by atoms with Gasteiger partial charge in [-0.1, -0.05) is 27.7 Å². The first kappa shape index (κ1) is 16.4. The highest BCUT2D eigenvalue weighted by Gasteiger charge is 2.21. The second-order valence-electron chi connectivity index (χ2n) is 5.87. The summed E-state index contributed by atoms with van der Waals surface area (Å²) in [5.41, 5.74) is 4.00. The minimum absolute atomic E-state index is 0.00741. The Morgan fingerprint density at radius 2 is 1.85 bits per heavy atom. The van der Waals surface area contributed by atoms with Crippen molar-refractivity contribution in [1.29, 1.82) is 0 Å². The summed E-state index contributed by atoms with van der Waals surface area (Å²) in [5, 5.41) is 0. The van der Waals surface area contributed by atoms with Crippen molar-refractivity contribution < 1.29 is 4.79 Å². The van der Waals surface area contributed by atoms with Crippen molar-refractivity contribution >= 4 is 11.7 Å². The fraction of sp³-hybridized carbons (Fsp3) is 0.600. The largest absolute Gasteiger partial charge is 0.339 e. The number of hydrogen-bond acceptors (Lipinski definition) is 4. The second-order valence-corrected chi connectivity index (χ2v) is 5.87.